The Hall–Kier alpha value is -2.41. The molecular weight excluding hydrogens is 324 g/mol. The van der Waals surface area contributed by atoms with Crippen LogP contribution in [0.2, 0.25) is 0 Å². The van der Waals surface area contributed by atoms with E-state index in [1.807, 2.05) is 42.5 Å². The van der Waals surface area contributed by atoms with Crippen LogP contribution >= 0.6 is 0 Å². The fourth-order valence-electron chi connectivity index (χ4n) is 3.08. The minimum atomic E-state index is -2.86. The average Bonchev–Trinajstić information content (AvgIpc) is 3.19. The van der Waals surface area contributed by atoms with Gasteiger partial charge in [0.25, 0.3) is 0 Å². The molecule has 3 aromatic rings. The first kappa shape index (κ1) is 15.1. The Morgan fingerprint density at radius 3 is 2.79 bits per heavy atom. The first-order chi connectivity index (χ1) is 11.6. The third-order valence-electron chi connectivity index (χ3n) is 4.33. The highest BCUT2D eigenvalue weighted by Crippen LogP contribution is 2.23. The molecule has 1 aromatic carbocycles. The van der Waals surface area contributed by atoms with E-state index in [2.05, 4.69) is 15.4 Å². The predicted octanol–water partition coefficient (Wildman–Crippen LogP) is 2.24. The van der Waals surface area contributed by atoms with Gasteiger partial charge in [0.15, 0.2) is 15.5 Å². The van der Waals surface area contributed by atoms with Crippen LogP contribution in [0.5, 0.6) is 0 Å². The maximum absolute atomic E-state index is 11.6. The lowest BCUT2D eigenvalue weighted by Gasteiger charge is -2.13. The molecule has 2 aromatic heterocycles. The first-order valence-electron chi connectivity index (χ1n) is 7.95. The second-order valence-electron chi connectivity index (χ2n) is 6.14. The summed E-state index contributed by atoms with van der Waals surface area (Å²) >= 11 is 0. The van der Waals surface area contributed by atoms with E-state index in [9.17, 15) is 8.42 Å². The van der Waals surface area contributed by atoms with Crippen LogP contribution < -0.4 is 5.32 Å². The van der Waals surface area contributed by atoms with E-state index >= 15 is 0 Å². The summed E-state index contributed by atoms with van der Waals surface area (Å²) in [6, 6.07) is 13.8. The lowest BCUT2D eigenvalue weighted by Crippen LogP contribution is -2.17. The fraction of sp³-hybridized carbons (Fsp3) is 0.294. The zero-order valence-electron chi connectivity index (χ0n) is 13.1. The number of nitrogens with one attached hydrogen (secondary N) is 1. The van der Waals surface area contributed by atoms with Crippen LogP contribution in [0.25, 0.3) is 16.9 Å². The molecule has 1 fully saturated rings. The monoisotopic (exact) mass is 342 g/mol. The smallest absolute Gasteiger partial charge is 0.157 e. The normalized spacial score (nSPS) is 19.6. The van der Waals surface area contributed by atoms with Crippen LogP contribution in [0.15, 0.2) is 48.7 Å². The third-order valence-corrected chi connectivity index (χ3v) is 6.16. The van der Waals surface area contributed by atoms with Gasteiger partial charge >= 0.3 is 0 Å². The number of hydrogen-bond acceptors (Lipinski definition) is 5. The number of benzene rings is 1. The van der Waals surface area contributed by atoms with E-state index in [-0.39, 0.29) is 11.7 Å². The van der Waals surface area contributed by atoms with Gasteiger partial charge in [0.05, 0.1) is 23.4 Å². The lowest BCUT2D eigenvalue weighted by molar-refractivity contribution is 0.595. The van der Waals surface area contributed by atoms with Crippen molar-refractivity contribution >= 4 is 21.3 Å². The van der Waals surface area contributed by atoms with Crippen molar-refractivity contribution in [1.29, 1.82) is 0 Å². The molecule has 0 spiro atoms. The Bertz CT molecular complexity index is 967. The van der Waals surface area contributed by atoms with Crippen LogP contribution in [0.1, 0.15) is 6.42 Å². The molecule has 0 saturated carbocycles. The SMILES string of the molecule is O=S1(=O)CC[C@H](CNc2cc(-c3ccccc3)nc3ccnn23)C1. The van der Waals surface area contributed by atoms with Gasteiger partial charge in [-0.15, -0.1) is 0 Å². The summed E-state index contributed by atoms with van der Waals surface area (Å²) < 4.78 is 25.0. The lowest BCUT2D eigenvalue weighted by atomic mass is 10.1. The van der Waals surface area contributed by atoms with Gasteiger partial charge in [-0.1, -0.05) is 30.3 Å². The van der Waals surface area contributed by atoms with Gasteiger partial charge in [0.1, 0.15) is 5.82 Å². The van der Waals surface area contributed by atoms with Crippen molar-refractivity contribution in [3.8, 4) is 11.3 Å². The molecule has 0 amide bonds. The summed E-state index contributed by atoms with van der Waals surface area (Å²) in [4.78, 5) is 4.63. The maximum atomic E-state index is 11.6. The maximum Gasteiger partial charge on any atom is 0.157 e. The highest BCUT2D eigenvalue weighted by atomic mass is 32.2. The molecule has 0 bridgehead atoms. The second kappa shape index (κ2) is 5.90. The molecule has 4 rings (SSSR count). The molecule has 0 unspecified atom stereocenters. The summed E-state index contributed by atoms with van der Waals surface area (Å²) in [5.41, 5.74) is 2.66. The topological polar surface area (TPSA) is 76.4 Å². The zero-order valence-corrected chi connectivity index (χ0v) is 13.9. The number of anilines is 1. The van der Waals surface area contributed by atoms with Crippen molar-refractivity contribution in [3.05, 3.63) is 48.7 Å². The number of rotatable bonds is 4. The van der Waals surface area contributed by atoms with E-state index in [0.29, 0.717) is 18.7 Å². The molecule has 24 heavy (non-hydrogen) atoms. The summed E-state index contributed by atoms with van der Waals surface area (Å²) in [6.07, 6.45) is 2.43. The largest absolute Gasteiger partial charge is 0.370 e. The minimum Gasteiger partial charge on any atom is -0.370 e. The van der Waals surface area contributed by atoms with Gasteiger partial charge in [0.2, 0.25) is 0 Å². The average molecular weight is 342 g/mol. The van der Waals surface area contributed by atoms with Crippen molar-refractivity contribution in [2.24, 2.45) is 5.92 Å². The van der Waals surface area contributed by atoms with E-state index < -0.39 is 9.84 Å². The first-order valence-corrected chi connectivity index (χ1v) is 9.77. The Morgan fingerprint density at radius 1 is 1.21 bits per heavy atom. The van der Waals surface area contributed by atoms with Crippen LogP contribution in [-0.4, -0.2) is 41.1 Å². The Balaban J connectivity index is 1.63. The third kappa shape index (κ3) is 2.99. The minimum absolute atomic E-state index is 0.147. The molecule has 0 aliphatic carbocycles. The van der Waals surface area contributed by atoms with Gasteiger partial charge in [-0.05, 0) is 12.3 Å². The van der Waals surface area contributed by atoms with E-state index in [1.165, 1.54) is 0 Å². The van der Waals surface area contributed by atoms with Crippen molar-refractivity contribution in [2.45, 2.75) is 6.42 Å². The van der Waals surface area contributed by atoms with Crippen LogP contribution in [0.3, 0.4) is 0 Å². The van der Waals surface area contributed by atoms with Crippen molar-refractivity contribution < 1.29 is 8.42 Å². The number of fused-ring (bicyclic) bond motifs is 1. The number of nitrogens with zero attached hydrogens (tertiary/aromatic N) is 3. The van der Waals surface area contributed by atoms with E-state index in [1.54, 1.807) is 10.7 Å². The number of sulfone groups is 1. The quantitative estimate of drug-likeness (QED) is 0.787. The summed E-state index contributed by atoms with van der Waals surface area (Å²) in [6.45, 7) is 0.617. The second-order valence-corrected chi connectivity index (χ2v) is 8.37. The molecule has 3 heterocycles. The summed E-state index contributed by atoms with van der Waals surface area (Å²) in [7, 11) is -2.86. The fourth-order valence-corrected chi connectivity index (χ4v) is 4.94. The van der Waals surface area contributed by atoms with Crippen LogP contribution in [-0.2, 0) is 9.84 Å². The van der Waals surface area contributed by atoms with Crippen molar-refractivity contribution in [1.82, 2.24) is 14.6 Å². The van der Waals surface area contributed by atoms with E-state index in [4.69, 9.17) is 0 Å². The molecule has 0 radical (unpaired) electrons. The highest BCUT2D eigenvalue weighted by molar-refractivity contribution is 7.91. The molecule has 1 aliphatic rings. The van der Waals surface area contributed by atoms with Crippen molar-refractivity contribution in [3.63, 3.8) is 0 Å². The van der Waals surface area contributed by atoms with Gasteiger partial charge in [-0.2, -0.15) is 9.61 Å². The molecule has 6 nitrogen and oxygen atoms in total. The van der Waals surface area contributed by atoms with Gasteiger partial charge in [-0.3, -0.25) is 0 Å². The molecule has 1 atom stereocenters. The highest BCUT2D eigenvalue weighted by Gasteiger charge is 2.27. The van der Waals surface area contributed by atoms with Crippen LogP contribution in [0.4, 0.5) is 5.82 Å². The Kier molecular flexibility index (Phi) is 3.72. The summed E-state index contributed by atoms with van der Waals surface area (Å²) in [5.74, 6) is 1.53. The van der Waals surface area contributed by atoms with Gasteiger partial charge < -0.3 is 5.32 Å². The van der Waals surface area contributed by atoms with Crippen LogP contribution in [0, 0.1) is 5.92 Å². The van der Waals surface area contributed by atoms with Gasteiger partial charge in [-0.25, -0.2) is 13.4 Å². The standard InChI is InChI=1S/C17H18N4O2S/c22-24(23)9-7-13(12-24)11-18-17-10-15(14-4-2-1-3-5-14)20-16-6-8-19-21(16)17/h1-6,8,10,13,18H,7,9,11-12H2/t13-/m1/s1. The molecule has 1 saturated heterocycles. The molecule has 124 valence electrons. The predicted molar refractivity (Wildman–Crippen MR) is 93.7 cm³/mol. The molecular formula is C17H18N4O2S. The molecule has 7 heteroatoms. The molecule has 1 aliphatic heterocycles. The zero-order chi connectivity index (χ0) is 16.6. The molecule has 1 N–H and O–H groups in total. The van der Waals surface area contributed by atoms with E-state index in [0.717, 1.165) is 22.7 Å². The van der Waals surface area contributed by atoms with Gasteiger partial charge in [0, 0.05) is 24.2 Å². The Morgan fingerprint density at radius 2 is 2.04 bits per heavy atom. The van der Waals surface area contributed by atoms with Crippen molar-refractivity contribution in [2.75, 3.05) is 23.4 Å². The Labute approximate surface area is 140 Å². The number of aromatic nitrogens is 3. The number of hydrogen-bond donors (Lipinski definition) is 1. The summed E-state index contributed by atoms with van der Waals surface area (Å²) in [5, 5.41) is 7.66.